The Morgan fingerprint density at radius 3 is 1.41 bits per heavy atom. The molecule has 56 heavy (non-hydrogen) atoms. The predicted molar refractivity (Wildman–Crippen MR) is 241 cm³/mol. The Labute approximate surface area is 346 Å². The molecule has 0 spiro atoms. The number of carbonyl (C=O) groups excluding carboxylic acids is 2. The van der Waals surface area contributed by atoms with Gasteiger partial charge in [-0.2, -0.15) is 0 Å². The Kier molecular flexibility index (Phi) is 43.7. The molecule has 2 unspecified atom stereocenters. The van der Waals surface area contributed by atoms with E-state index in [4.69, 9.17) is 4.74 Å². The lowest BCUT2D eigenvalue weighted by molar-refractivity contribution is -0.143. The summed E-state index contributed by atoms with van der Waals surface area (Å²) in [5, 5.41) is 23.0. The first-order valence-electron chi connectivity index (χ1n) is 23.9. The number of carbonyl (C=O) groups is 2. The van der Waals surface area contributed by atoms with Crippen molar-refractivity contribution in [3.8, 4) is 0 Å². The quantitative estimate of drug-likeness (QED) is 0.0325. The van der Waals surface area contributed by atoms with E-state index in [1.165, 1.54) is 116 Å². The summed E-state index contributed by atoms with van der Waals surface area (Å²) in [6.45, 7) is 4.76. The monoisotopic (exact) mass is 786 g/mol. The fraction of sp³-hybridized carbons (Fsp3) is 0.800. The van der Waals surface area contributed by atoms with Crippen molar-refractivity contribution in [1.82, 2.24) is 5.32 Å². The SMILES string of the molecule is CCCCC/C=C\C/C=C\CCCCCCCC(=O)OCCCC/C=C\CCCCCCC(=O)NC(CO)C(O)/C=C/CCCCCCCCCCCCCC. The van der Waals surface area contributed by atoms with Crippen LogP contribution in [0.25, 0.3) is 0 Å². The number of allylic oxidation sites excluding steroid dienone is 7. The molecule has 0 bridgehead atoms. The Balaban J connectivity index is 3.60. The van der Waals surface area contributed by atoms with Crippen LogP contribution in [-0.2, 0) is 14.3 Å². The van der Waals surface area contributed by atoms with Crippen molar-refractivity contribution >= 4 is 11.9 Å². The van der Waals surface area contributed by atoms with Crippen molar-refractivity contribution < 1.29 is 24.5 Å². The third kappa shape index (κ3) is 41.5. The summed E-state index contributed by atoms with van der Waals surface area (Å²) in [5.41, 5.74) is 0. The second-order valence-electron chi connectivity index (χ2n) is 16.1. The molecule has 0 aromatic heterocycles. The number of unbranched alkanes of at least 4 members (excludes halogenated alkanes) is 26. The third-order valence-electron chi connectivity index (χ3n) is 10.6. The van der Waals surface area contributed by atoms with E-state index in [0.29, 0.717) is 19.4 Å². The molecule has 0 saturated carbocycles. The smallest absolute Gasteiger partial charge is 0.305 e. The van der Waals surface area contributed by atoms with E-state index in [1.807, 2.05) is 6.08 Å². The highest BCUT2D eigenvalue weighted by Crippen LogP contribution is 2.14. The maximum atomic E-state index is 12.4. The minimum absolute atomic E-state index is 0.0536. The molecule has 0 aliphatic carbocycles. The van der Waals surface area contributed by atoms with Gasteiger partial charge in [0.15, 0.2) is 0 Å². The number of amides is 1. The fourth-order valence-corrected chi connectivity index (χ4v) is 6.83. The van der Waals surface area contributed by atoms with Crippen LogP contribution in [0.3, 0.4) is 0 Å². The summed E-state index contributed by atoms with van der Waals surface area (Å²) in [4.78, 5) is 24.4. The van der Waals surface area contributed by atoms with Gasteiger partial charge < -0.3 is 20.3 Å². The number of aliphatic hydroxyl groups is 2. The molecule has 0 rings (SSSR count). The van der Waals surface area contributed by atoms with Crippen molar-refractivity contribution in [2.24, 2.45) is 0 Å². The molecule has 2 atom stereocenters. The van der Waals surface area contributed by atoms with Crippen LogP contribution < -0.4 is 5.32 Å². The zero-order chi connectivity index (χ0) is 40.8. The summed E-state index contributed by atoms with van der Waals surface area (Å²) < 4.78 is 5.42. The molecule has 3 N–H and O–H groups in total. The summed E-state index contributed by atoms with van der Waals surface area (Å²) in [5.74, 6) is -0.161. The van der Waals surface area contributed by atoms with Crippen LogP contribution in [0.2, 0.25) is 0 Å². The van der Waals surface area contributed by atoms with Crippen LogP contribution in [0.15, 0.2) is 48.6 Å². The highest BCUT2D eigenvalue weighted by molar-refractivity contribution is 5.76. The van der Waals surface area contributed by atoms with Crippen LogP contribution in [0.5, 0.6) is 0 Å². The maximum Gasteiger partial charge on any atom is 0.305 e. The van der Waals surface area contributed by atoms with Gasteiger partial charge in [0.1, 0.15) is 0 Å². The highest BCUT2D eigenvalue weighted by Gasteiger charge is 2.18. The van der Waals surface area contributed by atoms with Crippen molar-refractivity contribution in [3.05, 3.63) is 48.6 Å². The number of aliphatic hydroxyl groups excluding tert-OH is 2. The fourth-order valence-electron chi connectivity index (χ4n) is 6.83. The molecule has 6 heteroatoms. The van der Waals surface area contributed by atoms with Crippen LogP contribution in [0, 0.1) is 0 Å². The molecule has 0 aliphatic rings. The van der Waals surface area contributed by atoms with Gasteiger partial charge in [0.25, 0.3) is 0 Å². The van der Waals surface area contributed by atoms with E-state index < -0.39 is 12.1 Å². The summed E-state index contributed by atoms with van der Waals surface area (Å²) in [6.07, 6.45) is 55.3. The predicted octanol–water partition coefficient (Wildman–Crippen LogP) is 13.9. The molecule has 6 nitrogen and oxygen atoms in total. The van der Waals surface area contributed by atoms with Crippen molar-refractivity contribution in [3.63, 3.8) is 0 Å². The second-order valence-corrected chi connectivity index (χ2v) is 16.1. The first kappa shape index (κ1) is 53.8. The second kappa shape index (κ2) is 45.5. The summed E-state index contributed by atoms with van der Waals surface area (Å²) in [7, 11) is 0. The van der Waals surface area contributed by atoms with Crippen LogP contribution >= 0.6 is 0 Å². The molecular weight excluding hydrogens is 695 g/mol. The van der Waals surface area contributed by atoms with Crippen LogP contribution in [0.1, 0.15) is 232 Å². The minimum atomic E-state index is -0.867. The summed E-state index contributed by atoms with van der Waals surface area (Å²) in [6, 6.07) is -0.654. The number of rotatable bonds is 43. The molecule has 0 aromatic carbocycles. The molecule has 1 amide bonds. The van der Waals surface area contributed by atoms with Crippen molar-refractivity contribution in [2.45, 2.75) is 244 Å². The standard InChI is InChI=1S/C50H91NO5/c1-3-5-7-9-11-13-15-17-19-21-23-28-32-36-40-44-50(55)56-45-41-37-33-29-25-24-27-31-35-39-43-49(54)51-47(46-52)48(53)42-38-34-30-26-22-20-18-16-14-12-10-8-6-4-2/h11,13,17,19,25,29,38,42,47-48,52-53H,3-10,12,14-16,18,20-24,26-28,30-37,39-41,43-46H2,1-2H3,(H,51,54)/b13-11-,19-17-,29-25-,42-38+. The van der Waals surface area contributed by atoms with Crippen molar-refractivity contribution in [1.29, 1.82) is 0 Å². The van der Waals surface area contributed by atoms with Gasteiger partial charge >= 0.3 is 5.97 Å². The number of hydrogen-bond acceptors (Lipinski definition) is 5. The lowest BCUT2D eigenvalue weighted by atomic mass is 10.0. The van der Waals surface area contributed by atoms with Gasteiger partial charge in [0.05, 0.1) is 25.4 Å². The Bertz CT molecular complexity index is 957. The van der Waals surface area contributed by atoms with Gasteiger partial charge in [-0.15, -0.1) is 0 Å². The lowest BCUT2D eigenvalue weighted by Crippen LogP contribution is -2.45. The minimum Gasteiger partial charge on any atom is -0.466 e. The van der Waals surface area contributed by atoms with E-state index >= 15 is 0 Å². The first-order chi connectivity index (χ1) is 27.5. The molecule has 0 aromatic rings. The van der Waals surface area contributed by atoms with E-state index in [-0.39, 0.29) is 18.5 Å². The number of nitrogens with one attached hydrogen (secondary N) is 1. The van der Waals surface area contributed by atoms with E-state index in [2.05, 4.69) is 55.6 Å². The van der Waals surface area contributed by atoms with Gasteiger partial charge in [0.2, 0.25) is 5.91 Å². The van der Waals surface area contributed by atoms with E-state index in [1.54, 1.807) is 6.08 Å². The molecular formula is C50H91NO5. The Morgan fingerprint density at radius 2 is 0.893 bits per heavy atom. The van der Waals surface area contributed by atoms with Gasteiger partial charge in [0, 0.05) is 12.8 Å². The molecule has 0 saturated heterocycles. The van der Waals surface area contributed by atoms with E-state index in [9.17, 15) is 19.8 Å². The molecule has 0 aliphatic heterocycles. The van der Waals surface area contributed by atoms with Crippen LogP contribution in [-0.4, -0.2) is 47.4 Å². The van der Waals surface area contributed by atoms with Gasteiger partial charge in [-0.3, -0.25) is 9.59 Å². The first-order valence-corrected chi connectivity index (χ1v) is 23.9. The maximum absolute atomic E-state index is 12.4. The molecule has 0 fully saturated rings. The average Bonchev–Trinajstić information content (AvgIpc) is 3.20. The van der Waals surface area contributed by atoms with E-state index in [0.717, 1.165) is 89.9 Å². The number of ether oxygens (including phenoxy) is 1. The van der Waals surface area contributed by atoms with Crippen LogP contribution in [0.4, 0.5) is 0 Å². The lowest BCUT2D eigenvalue weighted by Gasteiger charge is -2.20. The normalized spacial score (nSPS) is 13.1. The Hall–Kier alpha value is -2.18. The molecule has 0 radical (unpaired) electrons. The third-order valence-corrected chi connectivity index (χ3v) is 10.6. The topological polar surface area (TPSA) is 95.9 Å². The van der Waals surface area contributed by atoms with Gasteiger partial charge in [-0.05, 0) is 89.9 Å². The zero-order valence-electron chi connectivity index (χ0n) is 36.8. The average molecular weight is 786 g/mol. The largest absolute Gasteiger partial charge is 0.466 e. The van der Waals surface area contributed by atoms with Gasteiger partial charge in [-0.1, -0.05) is 178 Å². The highest BCUT2D eigenvalue weighted by atomic mass is 16.5. The summed E-state index contributed by atoms with van der Waals surface area (Å²) >= 11 is 0. The Morgan fingerprint density at radius 1 is 0.500 bits per heavy atom. The zero-order valence-corrected chi connectivity index (χ0v) is 36.8. The molecule has 0 heterocycles. The number of hydrogen-bond donors (Lipinski definition) is 3. The molecule has 326 valence electrons. The number of esters is 1. The van der Waals surface area contributed by atoms with Crippen molar-refractivity contribution in [2.75, 3.05) is 13.2 Å². The van der Waals surface area contributed by atoms with Gasteiger partial charge in [-0.25, -0.2) is 0 Å².